The molecule has 5 aromatic heterocycles. The molecule has 5 aromatic rings. The maximum atomic E-state index is 13.2. The van der Waals surface area contributed by atoms with Crippen molar-refractivity contribution in [3.8, 4) is 11.6 Å². The maximum absolute atomic E-state index is 13.2. The molecule has 1 aliphatic carbocycles. The van der Waals surface area contributed by atoms with Gasteiger partial charge in [0.2, 0.25) is 17.6 Å². The number of phosphoric acid groups is 2. The van der Waals surface area contributed by atoms with Crippen LogP contribution in [0, 0.1) is 5.92 Å². The van der Waals surface area contributed by atoms with E-state index in [4.69, 9.17) is 39.7 Å². The second-order valence-corrected chi connectivity index (χ2v) is 12.9. The zero-order chi connectivity index (χ0) is 31.8. The van der Waals surface area contributed by atoms with Crippen LogP contribution in [0.25, 0.3) is 28.2 Å². The van der Waals surface area contributed by atoms with Gasteiger partial charge in [0.1, 0.15) is 31.1 Å². The van der Waals surface area contributed by atoms with Crippen LogP contribution in [0.15, 0.2) is 28.2 Å². The van der Waals surface area contributed by atoms with E-state index in [-0.39, 0.29) is 52.1 Å². The molecule has 0 radical (unpaired) electrons. The highest BCUT2D eigenvalue weighted by Gasteiger charge is 2.49. The quantitative estimate of drug-likeness (QED) is 0.119. The molecular weight excluding hydrogens is 644 g/mol. The van der Waals surface area contributed by atoms with E-state index in [0.29, 0.717) is 0 Å². The molecule has 1 fully saturated rings. The lowest BCUT2D eigenvalue weighted by Gasteiger charge is -2.25. The van der Waals surface area contributed by atoms with Gasteiger partial charge in [-0.2, -0.15) is 4.98 Å². The minimum atomic E-state index is -5.05. The third kappa shape index (κ3) is 5.02. The SMILES string of the molecule is Nc1nc2c(ncn2[C@@H]2C[C@@H]3COP(=O)(O)Oc4c(oc(-n5cnc6c(N)ncnc65)c4N)COP(=O)(O)OC2C3O)c(=O)[nH]1. The minimum Gasteiger partial charge on any atom is -0.436 e. The highest BCUT2D eigenvalue weighted by molar-refractivity contribution is 7.48. The topological polar surface area (TPSA) is 330 Å². The number of fused-ring (bicyclic) bond motifs is 5. The van der Waals surface area contributed by atoms with Gasteiger partial charge in [0, 0.05) is 5.92 Å². The van der Waals surface area contributed by atoms with E-state index >= 15 is 0 Å². The molecule has 0 spiro atoms. The molecule has 0 aromatic carbocycles. The summed E-state index contributed by atoms with van der Waals surface area (Å²) in [6.45, 7) is -1.47. The second kappa shape index (κ2) is 10.3. The highest BCUT2D eigenvalue weighted by Crippen LogP contribution is 2.55. The lowest BCUT2D eigenvalue weighted by atomic mass is 10.1. The van der Waals surface area contributed by atoms with E-state index < -0.39 is 70.1 Å². The van der Waals surface area contributed by atoms with Crippen LogP contribution in [0.1, 0.15) is 18.2 Å². The molecule has 7 rings (SSSR count). The number of nitrogen functional groups attached to an aromatic ring is 3. The monoisotopic (exact) mass is 667 g/mol. The van der Waals surface area contributed by atoms with Crippen LogP contribution in [-0.4, -0.2) is 72.7 Å². The number of H-pyrrole nitrogens is 1. The number of aromatic nitrogens is 8. The Bertz CT molecular complexity index is 2130. The Balaban J connectivity index is 1.27. The van der Waals surface area contributed by atoms with Crippen molar-refractivity contribution in [2.24, 2.45) is 5.92 Å². The largest absolute Gasteiger partial charge is 0.527 e. The van der Waals surface area contributed by atoms with Crippen LogP contribution in [0.3, 0.4) is 0 Å². The van der Waals surface area contributed by atoms with Crippen molar-refractivity contribution in [3.63, 3.8) is 0 Å². The molecule has 1 aliphatic heterocycles. The summed E-state index contributed by atoms with van der Waals surface area (Å²) in [6, 6.07) is -0.997. The van der Waals surface area contributed by atoms with Gasteiger partial charge in [0.15, 0.2) is 33.9 Å². The van der Waals surface area contributed by atoms with E-state index in [1.165, 1.54) is 21.8 Å². The van der Waals surface area contributed by atoms with Crippen molar-refractivity contribution in [1.29, 1.82) is 0 Å². The number of nitrogens with two attached hydrogens (primary N) is 3. The number of aliphatic hydroxyl groups is 1. The fourth-order valence-electron chi connectivity index (χ4n) is 5.33. The van der Waals surface area contributed by atoms with Crippen LogP contribution in [0.5, 0.6) is 5.75 Å². The first-order valence-corrected chi connectivity index (χ1v) is 15.9. The van der Waals surface area contributed by atoms with Gasteiger partial charge >= 0.3 is 15.6 Å². The summed E-state index contributed by atoms with van der Waals surface area (Å²) in [5.41, 5.74) is 17.0. The second-order valence-electron chi connectivity index (χ2n) is 10.1. The van der Waals surface area contributed by atoms with E-state index in [1.54, 1.807) is 0 Å². The standard InChI is InChI=1S/C21H23N11O11P2/c22-10-15-9(41-20(10)32-6-27-11-16(23)25-4-26-17(11)32)3-40-45(37,38)42-14-8(1-7(13(14)33)2-39-44(35,36)43-15)31-5-28-12-18(31)29-21(24)30-19(12)34/h4-8,13-14,33H,1-3,22H2,(H,35,36)(H,37,38)(H2,23,25,26)(H3,24,29,30,34)/t7-,8-,13?,14?/m1/s1. The Kier molecular flexibility index (Phi) is 6.73. The zero-order valence-electron chi connectivity index (χ0n) is 22.5. The van der Waals surface area contributed by atoms with Gasteiger partial charge in [-0.05, 0) is 6.42 Å². The minimum absolute atomic E-state index is 0.00290. The number of aromatic amines is 1. The molecule has 22 nitrogen and oxygen atoms in total. The first-order chi connectivity index (χ1) is 21.3. The molecule has 24 heteroatoms. The number of furan rings is 1. The first-order valence-electron chi connectivity index (χ1n) is 12.9. The van der Waals surface area contributed by atoms with Crippen molar-refractivity contribution >= 4 is 55.4 Å². The van der Waals surface area contributed by atoms with Crippen LogP contribution >= 0.6 is 15.6 Å². The summed E-state index contributed by atoms with van der Waals surface area (Å²) in [5, 5.41) is 11.1. The van der Waals surface area contributed by atoms with Crippen LogP contribution in [0.2, 0.25) is 0 Å². The summed E-state index contributed by atoms with van der Waals surface area (Å²) >= 11 is 0. The van der Waals surface area contributed by atoms with E-state index in [1.807, 2.05) is 0 Å². The normalized spacial score (nSPS) is 29.1. The fourth-order valence-corrected chi connectivity index (χ4v) is 7.11. The van der Waals surface area contributed by atoms with Crippen LogP contribution in [0.4, 0.5) is 17.5 Å². The highest BCUT2D eigenvalue weighted by atomic mass is 31.2. The summed E-state index contributed by atoms with van der Waals surface area (Å²) < 4.78 is 55.8. The van der Waals surface area contributed by atoms with Crippen molar-refractivity contribution in [1.82, 2.24) is 39.0 Å². The summed E-state index contributed by atoms with van der Waals surface area (Å²) in [7, 11) is -10.0. The van der Waals surface area contributed by atoms with Gasteiger partial charge < -0.3 is 40.7 Å². The molecule has 10 N–H and O–H groups in total. The average Bonchev–Trinajstić information content (AvgIpc) is 3.72. The third-order valence-electron chi connectivity index (χ3n) is 7.35. The number of aliphatic hydroxyl groups excluding tert-OH is 1. The van der Waals surface area contributed by atoms with Gasteiger partial charge in [-0.25, -0.2) is 29.1 Å². The molecule has 6 heterocycles. The number of hydrogen-bond acceptors (Lipinski definition) is 17. The molecule has 1 saturated carbocycles. The van der Waals surface area contributed by atoms with Gasteiger partial charge in [-0.3, -0.25) is 32.8 Å². The van der Waals surface area contributed by atoms with Crippen molar-refractivity contribution < 1.29 is 46.5 Å². The number of phosphoric ester groups is 2. The van der Waals surface area contributed by atoms with Crippen molar-refractivity contribution in [3.05, 3.63) is 35.1 Å². The number of hydrogen-bond donors (Lipinski definition) is 7. The molecule has 45 heavy (non-hydrogen) atoms. The first kappa shape index (κ1) is 29.3. The Labute approximate surface area is 249 Å². The lowest BCUT2D eigenvalue weighted by molar-refractivity contribution is -0.0102. The zero-order valence-corrected chi connectivity index (χ0v) is 24.3. The van der Waals surface area contributed by atoms with Gasteiger partial charge in [-0.1, -0.05) is 0 Å². The van der Waals surface area contributed by atoms with Crippen LogP contribution < -0.4 is 27.3 Å². The maximum Gasteiger partial charge on any atom is 0.527 e. The van der Waals surface area contributed by atoms with Gasteiger partial charge in [0.25, 0.3) is 5.56 Å². The van der Waals surface area contributed by atoms with E-state index in [0.717, 1.165) is 6.33 Å². The third-order valence-corrected chi connectivity index (χ3v) is 9.21. The number of imidazole rings is 2. The summed E-state index contributed by atoms with van der Waals surface area (Å²) in [6.07, 6.45) is 0.514. The van der Waals surface area contributed by atoms with Crippen molar-refractivity contribution in [2.45, 2.75) is 31.3 Å². The Hall–Kier alpha value is -4.40. The molecule has 2 aliphatic rings. The Morgan fingerprint density at radius 3 is 2.58 bits per heavy atom. The predicted octanol–water partition coefficient (Wildman–Crippen LogP) is -0.278. The Morgan fingerprint density at radius 1 is 1.00 bits per heavy atom. The number of nitrogens with one attached hydrogen (secondary N) is 1. The molecule has 0 amide bonds. The predicted molar refractivity (Wildman–Crippen MR) is 149 cm³/mol. The van der Waals surface area contributed by atoms with Crippen molar-refractivity contribution in [2.75, 3.05) is 23.8 Å². The van der Waals surface area contributed by atoms with E-state index in [9.17, 15) is 28.8 Å². The molecule has 6 atom stereocenters. The summed E-state index contributed by atoms with van der Waals surface area (Å²) in [4.78, 5) is 56.2. The smallest absolute Gasteiger partial charge is 0.436 e. The number of nitrogens with zero attached hydrogens (tertiary/aromatic N) is 7. The average molecular weight is 667 g/mol. The lowest BCUT2D eigenvalue weighted by Crippen LogP contribution is -2.33. The van der Waals surface area contributed by atoms with Gasteiger partial charge in [0.05, 0.1) is 25.1 Å². The Morgan fingerprint density at radius 2 is 1.78 bits per heavy atom. The molecular formula is C21H23N11O11P2. The fraction of sp³-hybridized carbons (Fsp3) is 0.333. The van der Waals surface area contributed by atoms with Crippen LogP contribution in [-0.2, 0) is 29.3 Å². The molecule has 2 bridgehead atoms. The van der Waals surface area contributed by atoms with E-state index in [2.05, 4.69) is 29.9 Å². The molecule has 238 valence electrons. The van der Waals surface area contributed by atoms with Gasteiger partial charge in [-0.15, -0.1) is 0 Å². The molecule has 4 unspecified atom stereocenters. The number of rotatable bonds is 2. The molecule has 0 saturated heterocycles. The summed E-state index contributed by atoms with van der Waals surface area (Å²) in [5.74, 6) is -2.32. The number of anilines is 3.